The molecule has 1 amide bonds. The van der Waals surface area contributed by atoms with E-state index in [1.165, 1.54) is 22.7 Å². The second kappa shape index (κ2) is 12.8. The van der Waals surface area contributed by atoms with E-state index < -0.39 is 0 Å². The Balaban J connectivity index is 1.11. The summed E-state index contributed by atoms with van der Waals surface area (Å²) < 4.78 is 10.3. The molecule has 4 aromatic carbocycles. The number of aromatic nitrogens is 2. The Morgan fingerprint density at radius 2 is 1.37 bits per heavy atom. The summed E-state index contributed by atoms with van der Waals surface area (Å²) in [5, 5.41) is 3.60. The summed E-state index contributed by atoms with van der Waals surface area (Å²) in [5.74, 6) is 1.66. The van der Waals surface area contributed by atoms with Crippen molar-refractivity contribution in [1.82, 2.24) is 14.7 Å². The van der Waals surface area contributed by atoms with Crippen LogP contribution in [0.3, 0.4) is 0 Å². The van der Waals surface area contributed by atoms with E-state index in [2.05, 4.69) is 75.3 Å². The van der Waals surface area contributed by atoms with Crippen LogP contribution in [0.5, 0.6) is 10.9 Å². The number of carbonyl (C=O) groups excluding carboxylic acids is 1. The zero-order valence-corrected chi connectivity index (χ0v) is 21.8. The van der Waals surface area contributed by atoms with Gasteiger partial charge in [0.05, 0.1) is 6.42 Å². The fourth-order valence-electron chi connectivity index (χ4n) is 4.41. The number of ether oxygens (including phenoxy) is 1. The van der Waals surface area contributed by atoms with Crippen molar-refractivity contribution in [2.45, 2.75) is 25.2 Å². The molecule has 0 atom stereocenters. The predicted molar refractivity (Wildman–Crippen MR) is 152 cm³/mol. The van der Waals surface area contributed by atoms with Crippen molar-refractivity contribution < 1.29 is 9.53 Å². The molecule has 0 bridgehead atoms. The van der Waals surface area contributed by atoms with Crippen molar-refractivity contribution in [1.29, 1.82) is 0 Å². The summed E-state index contributed by atoms with van der Waals surface area (Å²) in [5.41, 5.74) is 4.60. The van der Waals surface area contributed by atoms with E-state index in [4.69, 9.17) is 4.74 Å². The third-order valence-corrected chi connectivity index (χ3v) is 6.94. The van der Waals surface area contributed by atoms with Gasteiger partial charge in [0.2, 0.25) is 5.91 Å². The summed E-state index contributed by atoms with van der Waals surface area (Å²) in [6.07, 6.45) is 1.83. The zero-order chi connectivity index (χ0) is 26.0. The molecule has 38 heavy (non-hydrogen) atoms. The summed E-state index contributed by atoms with van der Waals surface area (Å²) >= 11 is 1.24. The maximum atomic E-state index is 12.6. The summed E-state index contributed by atoms with van der Waals surface area (Å²) in [4.78, 5) is 17.1. The molecule has 0 unspecified atom stereocenters. The average molecular weight is 520 g/mol. The molecule has 0 saturated heterocycles. The number of hydrogen-bond acceptors (Lipinski definition) is 5. The van der Waals surface area contributed by atoms with Gasteiger partial charge in [-0.1, -0.05) is 103 Å². The Hall–Kier alpha value is -4.29. The quantitative estimate of drug-likeness (QED) is 0.208. The van der Waals surface area contributed by atoms with Crippen molar-refractivity contribution in [2.24, 2.45) is 0 Å². The van der Waals surface area contributed by atoms with Crippen molar-refractivity contribution in [3.05, 3.63) is 143 Å². The third kappa shape index (κ3) is 7.14. The van der Waals surface area contributed by atoms with Gasteiger partial charge in [-0.25, -0.2) is 0 Å². The van der Waals surface area contributed by atoms with Crippen LogP contribution >= 0.6 is 11.5 Å². The maximum absolute atomic E-state index is 12.6. The standard InChI is InChI=1S/C32H29N3O2S/c36-31(33-21-20-29(26-12-6-2-7-13-26)27-14-8-3-9-15-27)23-25-16-18-28(19-17-25)37-32-34-30(35-38-32)22-24-10-4-1-5-11-24/h1-19,29H,20-23H2,(H,33,36). The SMILES string of the molecule is O=C(Cc1ccc(Oc2nc(Cc3ccccc3)ns2)cc1)NCCC(c1ccccc1)c1ccccc1. The Bertz CT molecular complexity index is 1380. The third-order valence-electron chi connectivity index (χ3n) is 6.31. The van der Waals surface area contributed by atoms with E-state index >= 15 is 0 Å². The van der Waals surface area contributed by atoms with Gasteiger partial charge in [-0.2, -0.15) is 9.36 Å². The van der Waals surface area contributed by atoms with Gasteiger partial charge in [-0.15, -0.1) is 0 Å². The first-order valence-corrected chi connectivity index (χ1v) is 13.5. The highest BCUT2D eigenvalue weighted by Crippen LogP contribution is 2.27. The zero-order valence-electron chi connectivity index (χ0n) is 21.0. The second-order valence-electron chi connectivity index (χ2n) is 9.07. The molecule has 0 aliphatic rings. The molecule has 0 fully saturated rings. The molecule has 5 aromatic rings. The van der Waals surface area contributed by atoms with Crippen LogP contribution in [0.1, 0.15) is 40.4 Å². The van der Waals surface area contributed by atoms with Crippen LogP contribution in [0.4, 0.5) is 0 Å². The monoisotopic (exact) mass is 519 g/mol. The van der Waals surface area contributed by atoms with E-state index in [-0.39, 0.29) is 11.8 Å². The van der Waals surface area contributed by atoms with Gasteiger partial charge in [0.1, 0.15) is 5.75 Å². The van der Waals surface area contributed by atoms with E-state index in [0.29, 0.717) is 30.3 Å². The molecule has 5 nitrogen and oxygen atoms in total. The van der Waals surface area contributed by atoms with Gasteiger partial charge in [-0.3, -0.25) is 4.79 Å². The molecule has 6 heteroatoms. The number of hydrogen-bond donors (Lipinski definition) is 1. The van der Waals surface area contributed by atoms with Crippen molar-refractivity contribution in [3.63, 3.8) is 0 Å². The molecular formula is C32H29N3O2S. The van der Waals surface area contributed by atoms with Crippen LogP contribution in [-0.4, -0.2) is 21.8 Å². The molecule has 190 valence electrons. The van der Waals surface area contributed by atoms with Crippen LogP contribution in [0.15, 0.2) is 115 Å². The first kappa shape index (κ1) is 25.4. The van der Waals surface area contributed by atoms with Crippen molar-refractivity contribution in [2.75, 3.05) is 6.54 Å². The number of benzene rings is 4. The summed E-state index contributed by atoms with van der Waals surface area (Å²) in [7, 11) is 0. The first-order chi connectivity index (χ1) is 18.7. The molecule has 1 aromatic heterocycles. The average Bonchev–Trinajstić information content (AvgIpc) is 3.40. The molecule has 5 rings (SSSR count). The van der Waals surface area contributed by atoms with Gasteiger partial charge in [0, 0.05) is 30.4 Å². The lowest BCUT2D eigenvalue weighted by Gasteiger charge is -2.18. The van der Waals surface area contributed by atoms with Gasteiger partial charge in [0.15, 0.2) is 5.82 Å². The van der Waals surface area contributed by atoms with Gasteiger partial charge >= 0.3 is 0 Å². The Morgan fingerprint density at radius 1 is 0.763 bits per heavy atom. The van der Waals surface area contributed by atoms with Gasteiger partial charge < -0.3 is 10.1 Å². The molecular weight excluding hydrogens is 490 g/mol. The number of rotatable bonds is 11. The topological polar surface area (TPSA) is 64.1 Å². The Kier molecular flexibility index (Phi) is 8.54. The van der Waals surface area contributed by atoms with E-state index in [0.717, 1.165) is 23.4 Å². The number of nitrogens with zero attached hydrogens (tertiary/aromatic N) is 2. The number of nitrogens with one attached hydrogen (secondary N) is 1. The normalized spacial score (nSPS) is 10.9. The maximum Gasteiger partial charge on any atom is 0.298 e. The highest BCUT2D eigenvalue weighted by Gasteiger charge is 2.14. The Morgan fingerprint density at radius 3 is 2.00 bits per heavy atom. The van der Waals surface area contributed by atoms with Gasteiger partial charge in [0.25, 0.3) is 5.19 Å². The fraction of sp³-hybridized carbons (Fsp3) is 0.156. The minimum absolute atomic E-state index is 0.00761. The van der Waals surface area contributed by atoms with E-state index in [1.54, 1.807) is 0 Å². The molecule has 0 aliphatic carbocycles. The molecule has 0 saturated carbocycles. The number of carbonyl (C=O) groups is 1. The van der Waals surface area contributed by atoms with Crippen LogP contribution in [0, 0.1) is 0 Å². The van der Waals surface area contributed by atoms with Crippen LogP contribution in [-0.2, 0) is 17.6 Å². The van der Waals surface area contributed by atoms with E-state index in [9.17, 15) is 4.79 Å². The lowest BCUT2D eigenvalue weighted by molar-refractivity contribution is -0.120. The highest BCUT2D eigenvalue weighted by molar-refractivity contribution is 7.07. The lowest BCUT2D eigenvalue weighted by Crippen LogP contribution is -2.27. The predicted octanol–water partition coefficient (Wildman–Crippen LogP) is 6.80. The van der Waals surface area contributed by atoms with Crippen LogP contribution in [0.2, 0.25) is 0 Å². The Labute approximate surface area is 227 Å². The van der Waals surface area contributed by atoms with E-state index in [1.807, 2.05) is 54.6 Å². The van der Waals surface area contributed by atoms with Crippen LogP contribution in [0.25, 0.3) is 0 Å². The molecule has 0 spiro atoms. The smallest absolute Gasteiger partial charge is 0.298 e. The van der Waals surface area contributed by atoms with Crippen molar-refractivity contribution >= 4 is 17.4 Å². The molecule has 1 heterocycles. The minimum atomic E-state index is 0.00761. The molecule has 0 radical (unpaired) electrons. The molecule has 0 aliphatic heterocycles. The molecule has 1 N–H and O–H groups in total. The van der Waals surface area contributed by atoms with Crippen molar-refractivity contribution in [3.8, 4) is 10.9 Å². The lowest BCUT2D eigenvalue weighted by atomic mass is 9.88. The van der Waals surface area contributed by atoms with Crippen LogP contribution < -0.4 is 10.1 Å². The highest BCUT2D eigenvalue weighted by atomic mass is 32.1. The minimum Gasteiger partial charge on any atom is -0.430 e. The summed E-state index contributed by atoms with van der Waals surface area (Å²) in [6, 6.07) is 38.6. The second-order valence-corrected chi connectivity index (χ2v) is 9.79. The summed E-state index contributed by atoms with van der Waals surface area (Å²) in [6.45, 7) is 0.608. The van der Waals surface area contributed by atoms with Gasteiger partial charge in [-0.05, 0) is 40.8 Å². The largest absolute Gasteiger partial charge is 0.430 e. The first-order valence-electron chi connectivity index (χ1n) is 12.7. The number of amides is 1. The fourth-order valence-corrected chi connectivity index (χ4v) is 4.97.